The summed E-state index contributed by atoms with van der Waals surface area (Å²) in [6, 6.07) is 5.33. The van der Waals surface area contributed by atoms with Gasteiger partial charge in [0.25, 0.3) is 0 Å². The highest BCUT2D eigenvalue weighted by Gasteiger charge is 2.21. The summed E-state index contributed by atoms with van der Waals surface area (Å²) >= 11 is 0. The molecule has 0 atom stereocenters. The summed E-state index contributed by atoms with van der Waals surface area (Å²) in [4.78, 5) is 50.6. The second-order valence-electron chi connectivity index (χ2n) is 6.77. The Bertz CT molecular complexity index is 713. The van der Waals surface area contributed by atoms with E-state index in [0.717, 1.165) is 0 Å². The van der Waals surface area contributed by atoms with Gasteiger partial charge < -0.3 is 15.1 Å². The zero-order chi connectivity index (χ0) is 20.5. The summed E-state index contributed by atoms with van der Waals surface area (Å²) in [5.74, 6) is -0.771. The Kier molecular flexibility index (Phi) is 8.10. The fourth-order valence-electron chi connectivity index (χ4n) is 3.02. The minimum atomic E-state index is -0.397. The first kappa shape index (κ1) is 21.5. The molecule has 1 aromatic rings. The Balaban J connectivity index is 1.58. The summed E-state index contributed by atoms with van der Waals surface area (Å²) < 4.78 is 12.8. The average molecular weight is 391 g/mol. The molecule has 1 aliphatic heterocycles. The van der Waals surface area contributed by atoms with Gasteiger partial charge in [0, 0.05) is 64.5 Å². The van der Waals surface area contributed by atoms with Crippen molar-refractivity contribution in [2.45, 2.75) is 32.6 Å². The maximum absolute atomic E-state index is 12.8. The second kappa shape index (κ2) is 10.5. The van der Waals surface area contributed by atoms with E-state index in [9.17, 15) is 23.6 Å². The van der Waals surface area contributed by atoms with E-state index >= 15 is 0 Å². The number of piperazine rings is 1. The largest absolute Gasteiger partial charge is 0.356 e. The number of halogens is 1. The first-order valence-corrected chi connectivity index (χ1v) is 9.45. The van der Waals surface area contributed by atoms with Crippen LogP contribution in [0.3, 0.4) is 0 Å². The zero-order valence-electron chi connectivity index (χ0n) is 16.1. The molecular weight excluding hydrogens is 365 g/mol. The number of carbonyl (C=O) groups is 4. The topological polar surface area (TPSA) is 86.8 Å². The maximum atomic E-state index is 12.8. The fraction of sp³-hybridized carbons (Fsp3) is 0.500. The highest BCUT2D eigenvalue weighted by molar-refractivity contribution is 5.96. The maximum Gasteiger partial charge on any atom is 0.224 e. The minimum absolute atomic E-state index is 0.0114. The molecule has 28 heavy (non-hydrogen) atoms. The zero-order valence-corrected chi connectivity index (χ0v) is 16.1. The Hall–Kier alpha value is -2.77. The number of benzene rings is 1. The molecule has 0 aromatic heterocycles. The lowest BCUT2D eigenvalue weighted by molar-refractivity contribution is -0.138. The van der Waals surface area contributed by atoms with E-state index in [-0.39, 0.29) is 49.3 Å². The van der Waals surface area contributed by atoms with Crippen LogP contribution in [-0.4, -0.2) is 66.0 Å². The van der Waals surface area contributed by atoms with Crippen molar-refractivity contribution in [3.8, 4) is 0 Å². The highest BCUT2D eigenvalue weighted by Crippen LogP contribution is 2.09. The third kappa shape index (κ3) is 6.75. The second-order valence-corrected chi connectivity index (χ2v) is 6.77. The molecule has 7 nitrogen and oxygen atoms in total. The molecule has 1 fully saturated rings. The van der Waals surface area contributed by atoms with Gasteiger partial charge in [0.15, 0.2) is 5.78 Å². The van der Waals surface area contributed by atoms with Gasteiger partial charge in [-0.1, -0.05) is 0 Å². The molecule has 1 N–H and O–H groups in total. The summed E-state index contributed by atoms with van der Waals surface area (Å²) in [7, 11) is 0. The van der Waals surface area contributed by atoms with Gasteiger partial charge >= 0.3 is 0 Å². The van der Waals surface area contributed by atoms with Gasteiger partial charge in [-0.25, -0.2) is 4.39 Å². The van der Waals surface area contributed by atoms with Gasteiger partial charge in [0.1, 0.15) is 5.82 Å². The molecule has 0 spiro atoms. The van der Waals surface area contributed by atoms with Crippen LogP contribution in [0.4, 0.5) is 4.39 Å². The van der Waals surface area contributed by atoms with E-state index in [0.29, 0.717) is 38.2 Å². The third-order valence-corrected chi connectivity index (χ3v) is 4.71. The summed E-state index contributed by atoms with van der Waals surface area (Å²) in [5, 5.41) is 2.69. The summed E-state index contributed by atoms with van der Waals surface area (Å²) in [5.41, 5.74) is 0.428. The van der Waals surface area contributed by atoms with Gasteiger partial charge in [-0.3, -0.25) is 19.2 Å². The van der Waals surface area contributed by atoms with E-state index in [2.05, 4.69) is 5.32 Å². The van der Waals surface area contributed by atoms with Crippen LogP contribution in [0.2, 0.25) is 0 Å². The lowest BCUT2D eigenvalue weighted by Crippen LogP contribution is -2.50. The number of rotatable bonds is 8. The normalized spacial score (nSPS) is 13.9. The van der Waals surface area contributed by atoms with E-state index in [1.807, 2.05) is 0 Å². The number of amides is 3. The molecule has 8 heteroatoms. The predicted octanol–water partition coefficient (Wildman–Crippen LogP) is 1.38. The summed E-state index contributed by atoms with van der Waals surface area (Å²) in [6.07, 6.45) is 1.00. The third-order valence-electron chi connectivity index (χ3n) is 4.71. The van der Waals surface area contributed by atoms with Crippen molar-refractivity contribution in [2.24, 2.45) is 0 Å². The standard InChI is InChI=1S/C20H26FN3O4/c1-15(25)23-11-13-24(14-12-23)20(28)9-10-22-19(27)4-2-3-18(26)16-5-7-17(21)8-6-16/h5-8H,2-4,9-14H2,1H3,(H,22,27). The van der Waals surface area contributed by atoms with Gasteiger partial charge in [0.2, 0.25) is 17.7 Å². The van der Waals surface area contributed by atoms with Crippen LogP contribution < -0.4 is 5.32 Å². The quantitative estimate of drug-likeness (QED) is 0.678. The van der Waals surface area contributed by atoms with E-state index in [1.54, 1.807) is 9.80 Å². The number of nitrogens with one attached hydrogen (secondary N) is 1. The van der Waals surface area contributed by atoms with E-state index in [1.165, 1.54) is 31.2 Å². The molecule has 0 aliphatic carbocycles. The van der Waals surface area contributed by atoms with Crippen molar-refractivity contribution >= 4 is 23.5 Å². The van der Waals surface area contributed by atoms with Crippen LogP contribution in [0.15, 0.2) is 24.3 Å². The minimum Gasteiger partial charge on any atom is -0.356 e. The lowest BCUT2D eigenvalue weighted by Gasteiger charge is -2.34. The first-order valence-electron chi connectivity index (χ1n) is 9.45. The predicted molar refractivity (Wildman–Crippen MR) is 101 cm³/mol. The Morgan fingerprint density at radius 1 is 0.929 bits per heavy atom. The van der Waals surface area contributed by atoms with Crippen LogP contribution >= 0.6 is 0 Å². The van der Waals surface area contributed by atoms with E-state index < -0.39 is 5.82 Å². The Morgan fingerprint density at radius 3 is 2.14 bits per heavy atom. The molecule has 1 aliphatic rings. The lowest BCUT2D eigenvalue weighted by atomic mass is 10.1. The van der Waals surface area contributed by atoms with Crippen molar-refractivity contribution in [3.63, 3.8) is 0 Å². The number of Topliss-reactive ketones (excluding diaryl/α,β-unsaturated/α-hetero) is 1. The number of ketones is 1. The number of hydrogen-bond acceptors (Lipinski definition) is 4. The van der Waals surface area contributed by atoms with Crippen molar-refractivity contribution < 1.29 is 23.6 Å². The number of nitrogens with zero attached hydrogens (tertiary/aromatic N) is 2. The van der Waals surface area contributed by atoms with Crippen LogP contribution in [0.1, 0.15) is 43.0 Å². The molecular formula is C20H26FN3O4. The summed E-state index contributed by atoms with van der Waals surface area (Å²) in [6.45, 7) is 3.86. The monoisotopic (exact) mass is 391 g/mol. The van der Waals surface area contributed by atoms with Gasteiger partial charge in [0.05, 0.1) is 0 Å². The molecule has 0 bridgehead atoms. The Morgan fingerprint density at radius 2 is 1.54 bits per heavy atom. The molecule has 0 unspecified atom stereocenters. The molecule has 0 radical (unpaired) electrons. The van der Waals surface area contributed by atoms with Crippen molar-refractivity contribution in [3.05, 3.63) is 35.6 Å². The van der Waals surface area contributed by atoms with Crippen LogP contribution in [0, 0.1) is 5.82 Å². The van der Waals surface area contributed by atoms with Crippen molar-refractivity contribution in [1.29, 1.82) is 0 Å². The molecule has 1 heterocycles. The fourth-order valence-corrected chi connectivity index (χ4v) is 3.02. The van der Waals surface area contributed by atoms with Crippen LogP contribution in [0.25, 0.3) is 0 Å². The smallest absolute Gasteiger partial charge is 0.224 e. The molecule has 152 valence electrons. The SMILES string of the molecule is CC(=O)N1CCN(C(=O)CCNC(=O)CCCC(=O)c2ccc(F)cc2)CC1. The average Bonchev–Trinajstić information content (AvgIpc) is 2.68. The van der Waals surface area contributed by atoms with E-state index in [4.69, 9.17) is 0 Å². The van der Waals surface area contributed by atoms with Crippen molar-refractivity contribution in [2.75, 3.05) is 32.7 Å². The molecule has 0 saturated carbocycles. The molecule has 1 saturated heterocycles. The van der Waals surface area contributed by atoms with Gasteiger partial charge in [-0.2, -0.15) is 0 Å². The molecule has 3 amide bonds. The van der Waals surface area contributed by atoms with Crippen LogP contribution in [-0.2, 0) is 14.4 Å². The Labute approximate surface area is 163 Å². The van der Waals surface area contributed by atoms with Gasteiger partial charge in [-0.05, 0) is 30.7 Å². The molecule has 2 rings (SSSR count). The van der Waals surface area contributed by atoms with Crippen molar-refractivity contribution in [1.82, 2.24) is 15.1 Å². The van der Waals surface area contributed by atoms with Gasteiger partial charge in [-0.15, -0.1) is 0 Å². The molecule has 1 aromatic carbocycles. The number of hydrogen-bond donors (Lipinski definition) is 1. The number of carbonyl (C=O) groups excluding carboxylic acids is 4. The highest BCUT2D eigenvalue weighted by atomic mass is 19.1. The first-order chi connectivity index (χ1) is 13.4. The van der Waals surface area contributed by atoms with Crippen LogP contribution in [0.5, 0.6) is 0 Å².